The van der Waals surface area contributed by atoms with Gasteiger partial charge in [0.15, 0.2) is 5.96 Å². The van der Waals surface area contributed by atoms with E-state index in [9.17, 15) is 8.42 Å². The van der Waals surface area contributed by atoms with E-state index in [0.717, 1.165) is 25.9 Å². The number of rotatable bonds is 6. The summed E-state index contributed by atoms with van der Waals surface area (Å²) in [7, 11) is -3.42. The molecule has 0 bridgehead atoms. The lowest BCUT2D eigenvalue weighted by Gasteiger charge is -2.27. The maximum atomic E-state index is 11.8. The maximum absolute atomic E-state index is 11.8. The summed E-state index contributed by atoms with van der Waals surface area (Å²) in [6.07, 6.45) is 4.82. The third-order valence-corrected chi connectivity index (χ3v) is 4.54. The number of aliphatic imine (C=N–C) groups is 1. The first kappa shape index (κ1) is 15.8. The van der Waals surface area contributed by atoms with E-state index < -0.39 is 10.0 Å². The molecule has 118 valence electrons. The fourth-order valence-corrected chi connectivity index (χ4v) is 3.19. The molecule has 1 fully saturated rings. The second kappa shape index (κ2) is 7.41. The molecular weight excluding hydrogens is 294 g/mol. The van der Waals surface area contributed by atoms with E-state index in [1.54, 1.807) is 0 Å². The van der Waals surface area contributed by atoms with Crippen LogP contribution >= 0.6 is 0 Å². The number of piperidine rings is 1. The van der Waals surface area contributed by atoms with Crippen molar-refractivity contribution in [3.8, 4) is 0 Å². The van der Waals surface area contributed by atoms with Gasteiger partial charge < -0.3 is 15.2 Å². The molecule has 1 aromatic rings. The summed E-state index contributed by atoms with van der Waals surface area (Å²) < 4.78 is 30.6. The predicted molar refractivity (Wildman–Crippen MR) is 79.0 cm³/mol. The molecule has 2 heterocycles. The predicted octanol–water partition coefficient (Wildman–Crippen LogP) is -0.105. The Morgan fingerprint density at radius 3 is 2.86 bits per heavy atom. The van der Waals surface area contributed by atoms with Crippen LogP contribution in [0.2, 0.25) is 0 Å². The quantitative estimate of drug-likeness (QED) is 0.430. The van der Waals surface area contributed by atoms with E-state index >= 15 is 0 Å². The van der Waals surface area contributed by atoms with Crippen LogP contribution in [-0.4, -0.2) is 50.6 Å². The van der Waals surface area contributed by atoms with E-state index in [1.807, 2.05) is 4.90 Å². The van der Waals surface area contributed by atoms with Crippen LogP contribution in [0, 0.1) is 0 Å². The molecule has 0 saturated carbocycles. The monoisotopic (exact) mass is 315 g/mol. The number of likely N-dealkylation sites (tertiary alicyclic amines) is 1. The van der Waals surface area contributed by atoms with Crippen molar-refractivity contribution in [2.45, 2.75) is 25.0 Å². The number of nitrogens with one attached hydrogen (secondary N) is 1. The molecular formula is C12H21N5O3S. The van der Waals surface area contributed by atoms with E-state index in [-0.39, 0.29) is 12.3 Å². The Balaban J connectivity index is 1.73. The van der Waals surface area contributed by atoms with Crippen LogP contribution in [0.5, 0.6) is 0 Å². The van der Waals surface area contributed by atoms with E-state index in [2.05, 4.69) is 19.4 Å². The highest BCUT2D eigenvalue weighted by molar-refractivity contribution is 7.88. The van der Waals surface area contributed by atoms with Crippen molar-refractivity contribution in [1.29, 1.82) is 0 Å². The fourth-order valence-electron chi connectivity index (χ4n) is 2.15. The minimum absolute atomic E-state index is 0.200. The summed E-state index contributed by atoms with van der Waals surface area (Å²) >= 11 is 0. The average molecular weight is 315 g/mol. The molecule has 0 aliphatic carbocycles. The van der Waals surface area contributed by atoms with Crippen LogP contribution in [0.25, 0.3) is 0 Å². The normalized spacial score (nSPS) is 17.1. The molecule has 9 heteroatoms. The minimum atomic E-state index is -3.42. The second-order valence-corrected chi connectivity index (χ2v) is 6.74. The Kier molecular flexibility index (Phi) is 5.57. The molecule has 0 spiro atoms. The average Bonchev–Trinajstić information content (AvgIpc) is 2.96. The lowest BCUT2D eigenvalue weighted by Crippen LogP contribution is -2.41. The second-order valence-electron chi connectivity index (χ2n) is 4.93. The van der Waals surface area contributed by atoms with E-state index in [1.165, 1.54) is 18.8 Å². The van der Waals surface area contributed by atoms with Gasteiger partial charge in [0.1, 0.15) is 12.0 Å². The summed E-state index contributed by atoms with van der Waals surface area (Å²) in [4.78, 5) is 6.24. The third-order valence-electron chi connectivity index (χ3n) is 3.22. The highest BCUT2D eigenvalue weighted by atomic mass is 32.2. The van der Waals surface area contributed by atoms with Gasteiger partial charge in [0, 0.05) is 25.7 Å². The molecule has 0 aromatic carbocycles. The van der Waals surface area contributed by atoms with Crippen LogP contribution in [0.3, 0.4) is 0 Å². The highest BCUT2D eigenvalue weighted by Gasteiger charge is 2.14. The van der Waals surface area contributed by atoms with Crippen molar-refractivity contribution in [3.05, 3.63) is 18.0 Å². The first-order chi connectivity index (χ1) is 10.1. The van der Waals surface area contributed by atoms with Crippen molar-refractivity contribution < 1.29 is 12.9 Å². The number of aromatic nitrogens is 1. The molecule has 2 rings (SSSR count). The summed E-state index contributed by atoms with van der Waals surface area (Å²) in [6, 6.07) is 1.52. The largest absolute Gasteiger partial charge is 0.370 e. The van der Waals surface area contributed by atoms with Crippen LogP contribution in [0.4, 0.5) is 0 Å². The number of hydrogen-bond acceptors (Lipinski definition) is 5. The standard InChI is InChI=1S/C12H21N5O3S/c13-12(17-7-2-1-3-8-17)14-5-6-15-21(18,19)10-11-4-9-20-16-11/h4,9,15H,1-3,5-8,10H2,(H2,13,14). The van der Waals surface area contributed by atoms with Crippen LogP contribution < -0.4 is 10.5 Å². The van der Waals surface area contributed by atoms with Crippen LogP contribution in [0.15, 0.2) is 21.8 Å². The van der Waals surface area contributed by atoms with Gasteiger partial charge in [-0.25, -0.2) is 13.1 Å². The molecule has 3 N–H and O–H groups in total. The lowest BCUT2D eigenvalue weighted by molar-refractivity contribution is 0.338. The molecule has 8 nitrogen and oxygen atoms in total. The van der Waals surface area contributed by atoms with Gasteiger partial charge in [0.05, 0.1) is 12.2 Å². The Morgan fingerprint density at radius 1 is 1.43 bits per heavy atom. The molecule has 1 aliphatic heterocycles. The fraction of sp³-hybridized carbons (Fsp3) is 0.667. The molecule has 0 unspecified atom stereocenters. The molecule has 1 saturated heterocycles. The molecule has 0 amide bonds. The van der Waals surface area contributed by atoms with Gasteiger partial charge in [-0.15, -0.1) is 0 Å². The highest BCUT2D eigenvalue weighted by Crippen LogP contribution is 2.07. The first-order valence-electron chi connectivity index (χ1n) is 6.98. The van der Waals surface area contributed by atoms with Gasteiger partial charge >= 0.3 is 0 Å². The lowest BCUT2D eigenvalue weighted by atomic mass is 10.1. The Morgan fingerprint density at radius 2 is 2.19 bits per heavy atom. The summed E-state index contributed by atoms with van der Waals surface area (Å²) in [5.74, 6) is 0.292. The number of nitrogens with zero attached hydrogens (tertiary/aromatic N) is 3. The first-order valence-corrected chi connectivity index (χ1v) is 8.63. The smallest absolute Gasteiger partial charge is 0.217 e. The molecule has 0 atom stereocenters. The summed E-state index contributed by atoms with van der Waals surface area (Å²) in [6.45, 7) is 2.38. The Labute approximate surface area is 124 Å². The zero-order chi connectivity index (χ0) is 15.1. The molecule has 1 aromatic heterocycles. The maximum Gasteiger partial charge on any atom is 0.217 e. The SMILES string of the molecule is NC(=NCCNS(=O)(=O)Cc1ccon1)N1CCCCC1. The van der Waals surface area contributed by atoms with Gasteiger partial charge in [-0.1, -0.05) is 5.16 Å². The number of hydrogen-bond donors (Lipinski definition) is 2. The molecule has 1 aliphatic rings. The van der Waals surface area contributed by atoms with Gasteiger partial charge in [-0.3, -0.25) is 4.99 Å². The van der Waals surface area contributed by atoms with Crippen molar-refractivity contribution >= 4 is 16.0 Å². The minimum Gasteiger partial charge on any atom is -0.370 e. The van der Waals surface area contributed by atoms with E-state index in [4.69, 9.17) is 5.73 Å². The van der Waals surface area contributed by atoms with Crippen molar-refractivity contribution in [3.63, 3.8) is 0 Å². The van der Waals surface area contributed by atoms with Crippen molar-refractivity contribution in [1.82, 2.24) is 14.8 Å². The topological polar surface area (TPSA) is 114 Å². The Bertz CT molecular complexity index is 549. The zero-order valence-electron chi connectivity index (χ0n) is 11.9. The molecule has 0 radical (unpaired) electrons. The zero-order valence-corrected chi connectivity index (χ0v) is 12.7. The third kappa shape index (κ3) is 5.35. The van der Waals surface area contributed by atoms with Crippen LogP contribution in [-0.2, 0) is 15.8 Å². The van der Waals surface area contributed by atoms with Crippen molar-refractivity contribution in [2.75, 3.05) is 26.2 Å². The molecule has 21 heavy (non-hydrogen) atoms. The van der Waals surface area contributed by atoms with Crippen LogP contribution in [0.1, 0.15) is 25.0 Å². The van der Waals surface area contributed by atoms with Gasteiger partial charge in [-0.2, -0.15) is 0 Å². The Hall–Kier alpha value is -1.61. The summed E-state index contributed by atoms with van der Waals surface area (Å²) in [5.41, 5.74) is 6.26. The number of sulfonamides is 1. The van der Waals surface area contributed by atoms with Gasteiger partial charge in [0.25, 0.3) is 0 Å². The van der Waals surface area contributed by atoms with Crippen molar-refractivity contribution in [2.24, 2.45) is 10.7 Å². The van der Waals surface area contributed by atoms with E-state index in [0.29, 0.717) is 18.2 Å². The number of nitrogens with two attached hydrogens (primary N) is 1. The summed E-state index contributed by atoms with van der Waals surface area (Å²) in [5, 5.41) is 3.57. The number of guanidine groups is 1. The van der Waals surface area contributed by atoms with Gasteiger partial charge in [0.2, 0.25) is 10.0 Å². The van der Waals surface area contributed by atoms with Gasteiger partial charge in [-0.05, 0) is 19.3 Å².